The Labute approximate surface area is 113 Å². The maximum Gasteiger partial charge on any atom is 0.274 e. The van der Waals surface area contributed by atoms with Crippen molar-refractivity contribution < 1.29 is 4.92 Å². The SMILES string of the molecule is Cc1cc2c(I)nn(I)c2cc1[N+](=O)[O-]. The molecule has 0 atom stereocenters. The van der Waals surface area contributed by atoms with Crippen molar-refractivity contribution in [1.29, 1.82) is 0 Å². The number of fused-ring (bicyclic) bond motifs is 1. The van der Waals surface area contributed by atoms with Gasteiger partial charge < -0.3 is 0 Å². The summed E-state index contributed by atoms with van der Waals surface area (Å²) in [6, 6.07) is 3.36. The summed E-state index contributed by atoms with van der Waals surface area (Å²) >= 11 is 4.13. The van der Waals surface area contributed by atoms with Gasteiger partial charge in [0, 0.05) is 17.0 Å². The molecule has 0 aliphatic rings. The smallest absolute Gasteiger partial charge is 0.258 e. The zero-order valence-electron chi connectivity index (χ0n) is 7.57. The quantitative estimate of drug-likeness (QED) is 0.398. The van der Waals surface area contributed by atoms with Crippen molar-refractivity contribution in [2.45, 2.75) is 6.92 Å². The second-order valence-electron chi connectivity index (χ2n) is 3.06. The number of hydrogen-bond donors (Lipinski definition) is 0. The number of nitrogens with zero attached hydrogens (tertiary/aromatic N) is 3. The monoisotopic (exact) mass is 429 g/mol. The second kappa shape index (κ2) is 3.85. The lowest BCUT2D eigenvalue weighted by molar-refractivity contribution is -0.385. The van der Waals surface area contributed by atoms with Crippen molar-refractivity contribution in [3.05, 3.63) is 31.5 Å². The van der Waals surface area contributed by atoms with Crippen molar-refractivity contribution in [1.82, 2.24) is 7.99 Å². The fraction of sp³-hybridized carbons (Fsp3) is 0.125. The number of benzene rings is 1. The number of nitro benzene ring substituents is 1. The van der Waals surface area contributed by atoms with Crippen LogP contribution in [0.4, 0.5) is 5.69 Å². The van der Waals surface area contributed by atoms with Crippen molar-refractivity contribution in [3.8, 4) is 0 Å². The topological polar surface area (TPSA) is 61.0 Å². The zero-order chi connectivity index (χ0) is 11.2. The molecule has 0 aliphatic heterocycles. The van der Waals surface area contributed by atoms with E-state index in [1.807, 2.05) is 22.9 Å². The van der Waals surface area contributed by atoms with E-state index in [0.29, 0.717) is 5.56 Å². The van der Waals surface area contributed by atoms with E-state index in [2.05, 4.69) is 27.7 Å². The van der Waals surface area contributed by atoms with E-state index < -0.39 is 0 Å². The fourth-order valence-corrected chi connectivity index (χ4v) is 3.06. The zero-order valence-corrected chi connectivity index (χ0v) is 11.9. The van der Waals surface area contributed by atoms with Crippen LogP contribution in [-0.2, 0) is 0 Å². The Bertz CT molecular complexity index is 565. The first-order chi connectivity index (χ1) is 7.00. The van der Waals surface area contributed by atoms with Crippen LogP contribution in [0.2, 0.25) is 0 Å². The maximum atomic E-state index is 10.8. The lowest BCUT2D eigenvalue weighted by atomic mass is 10.1. The van der Waals surface area contributed by atoms with Crippen molar-refractivity contribution in [2.75, 3.05) is 0 Å². The van der Waals surface area contributed by atoms with Gasteiger partial charge in [-0.05, 0) is 35.6 Å². The van der Waals surface area contributed by atoms with Gasteiger partial charge in [-0.1, -0.05) is 0 Å². The van der Waals surface area contributed by atoms with Crippen LogP contribution in [0.25, 0.3) is 10.9 Å². The van der Waals surface area contributed by atoms with Crippen LogP contribution < -0.4 is 0 Å². The van der Waals surface area contributed by atoms with E-state index in [1.54, 1.807) is 22.0 Å². The second-order valence-corrected chi connectivity index (χ2v) is 5.00. The molecule has 0 saturated carbocycles. The Kier molecular flexibility index (Phi) is 2.83. The number of halogens is 2. The van der Waals surface area contributed by atoms with Gasteiger partial charge in [-0.15, -0.1) is 0 Å². The molecule has 1 heterocycles. The maximum absolute atomic E-state index is 10.8. The molecule has 0 fully saturated rings. The molecular weight excluding hydrogens is 424 g/mol. The lowest BCUT2D eigenvalue weighted by Gasteiger charge is -1.97. The van der Waals surface area contributed by atoms with Gasteiger partial charge in [0.15, 0.2) is 0 Å². The molecule has 0 radical (unpaired) electrons. The molecule has 0 aliphatic carbocycles. The van der Waals surface area contributed by atoms with Gasteiger partial charge in [0.1, 0.15) is 3.70 Å². The standard InChI is InChI=1S/C8H5I2N3O2/c1-4-2-5-7(3-6(4)13(14)15)12(10)11-8(5)9/h2-3H,1H3. The summed E-state index contributed by atoms with van der Waals surface area (Å²) in [7, 11) is 0. The largest absolute Gasteiger partial charge is 0.274 e. The molecule has 7 heteroatoms. The molecule has 78 valence electrons. The predicted molar refractivity (Wildman–Crippen MR) is 73.3 cm³/mol. The fourth-order valence-electron chi connectivity index (χ4n) is 1.38. The third-order valence-electron chi connectivity index (χ3n) is 2.11. The van der Waals surface area contributed by atoms with Crippen molar-refractivity contribution in [3.63, 3.8) is 0 Å². The van der Waals surface area contributed by atoms with E-state index >= 15 is 0 Å². The third-order valence-corrected chi connectivity index (χ3v) is 3.64. The normalized spacial score (nSPS) is 10.9. The minimum atomic E-state index is -0.370. The molecule has 15 heavy (non-hydrogen) atoms. The van der Waals surface area contributed by atoms with Gasteiger partial charge in [-0.3, -0.25) is 10.1 Å². The molecular formula is C8H5I2N3O2. The van der Waals surface area contributed by atoms with Gasteiger partial charge in [0.2, 0.25) is 0 Å². The average molecular weight is 429 g/mol. The summed E-state index contributed by atoms with van der Waals surface area (Å²) in [6.45, 7) is 1.73. The molecule has 1 aromatic carbocycles. The molecule has 0 amide bonds. The summed E-state index contributed by atoms with van der Waals surface area (Å²) in [5.41, 5.74) is 1.57. The van der Waals surface area contributed by atoms with E-state index in [-0.39, 0.29) is 10.6 Å². The van der Waals surface area contributed by atoms with Gasteiger partial charge in [-0.2, -0.15) is 5.10 Å². The first-order valence-electron chi connectivity index (χ1n) is 4.00. The number of nitro groups is 1. The molecule has 5 nitrogen and oxygen atoms in total. The minimum absolute atomic E-state index is 0.136. The van der Waals surface area contributed by atoms with Gasteiger partial charge in [-0.25, -0.2) is 2.90 Å². The minimum Gasteiger partial charge on any atom is -0.258 e. The molecule has 0 saturated heterocycles. The van der Waals surface area contributed by atoms with Crippen molar-refractivity contribution >= 4 is 62.0 Å². The Hall–Kier alpha value is -0.450. The first kappa shape index (κ1) is 11.0. The van der Waals surface area contributed by atoms with Crippen molar-refractivity contribution in [2.24, 2.45) is 0 Å². The van der Waals surface area contributed by atoms with Crippen LogP contribution in [-0.4, -0.2) is 12.9 Å². The number of hydrogen-bond acceptors (Lipinski definition) is 3. The van der Waals surface area contributed by atoms with Crippen LogP contribution in [0.15, 0.2) is 12.1 Å². The Morgan fingerprint density at radius 1 is 1.53 bits per heavy atom. The summed E-state index contributed by atoms with van der Waals surface area (Å²) in [5, 5.41) is 15.9. The predicted octanol–water partition coefficient (Wildman–Crippen LogP) is 3.06. The molecule has 2 rings (SSSR count). The summed E-state index contributed by atoms with van der Waals surface area (Å²) in [5.74, 6) is 0. The Morgan fingerprint density at radius 3 is 2.80 bits per heavy atom. The van der Waals surface area contributed by atoms with Crippen LogP contribution in [0.5, 0.6) is 0 Å². The molecule has 0 bridgehead atoms. The van der Waals surface area contributed by atoms with Gasteiger partial charge in [0.05, 0.1) is 33.3 Å². The van der Waals surface area contributed by atoms with E-state index in [9.17, 15) is 10.1 Å². The van der Waals surface area contributed by atoms with E-state index in [4.69, 9.17) is 0 Å². The van der Waals surface area contributed by atoms with E-state index in [1.165, 1.54) is 0 Å². The van der Waals surface area contributed by atoms with E-state index in [0.717, 1.165) is 14.6 Å². The third kappa shape index (κ3) is 1.82. The van der Waals surface area contributed by atoms with Crippen LogP contribution in [0.1, 0.15) is 5.56 Å². The van der Waals surface area contributed by atoms with Crippen LogP contribution in [0, 0.1) is 20.7 Å². The molecule has 1 aromatic heterocycles. The molecule has 0 unspecified atom stereocenters. The highest BCUT2D eigenvalue weighted by atomic mass is 127. The number of rotatable bonds is 1. The Morgan fingerprint density at radius 2 is 2.20 bits per heavy atom. The number of aromatic nitrogens is 2. The van der Waals surface area contributed by atoms with Crippen LogP contribution in [0.3, 0.4) is 0 Å². The highest BCUT2D eigenvalue weighted by Gasteiger charge is 2.16. The first-order valence-corrected chi connectivity index (χ1v) is 6.04. The van der Waals surface area contributed by atoms with Crippen LogP contribution >= 0.6 is 45.5 Å². The lowest BCUT2D eigenvalue weighted by Crippen LogP contribution is -1.92. The highest BCUT2D eigenvalue weighted by Crippen LogP contribution is 2.29. The average Bonchev–Trinajstić information content (AvgIpc) is 2.41. The van der Waals surface area contributed by atoms with Gasteiger partial charge in [0.25, 0.3) is 5.69 Å². The molecule has 0 spiro atoms. The number of aryl methyl sites for hydroxylation is 1. The summed E-state index contributed by atoms with van der Waals surface area (Å²) in [6.07, 6.45) is 0. The highest BCUT2D eigenvalue weighted by molar-refractivity contribution is 14.1. The molecule has 0 N–H and O–H groups in total. The summed E-state index contributed by atoms with van der Waals surface area (Å²) < 4.78 is 2.48. The Balaban J connectivity index is 2.85. The summed E-state index contributed by atoms with van der Waals surface area (Å²) in [4.78, 5) is 10.4. The van der Waals surface area contributed by atoms with Gasteiger partial charge >= 0.3 is 0 Å². The molecule has 2 aromatic rings.